The van der Waals surface area contributed by atoms with Crippen molar-refractivity contribution in [2.45, 2.75) is 39.0 Å². The first-order valence-electron chi connectivity index (χ1n) is 9.16. The van der Waals surface area contributed by atoms with Gasteiger partial charge in [-0.25, -0.2) is 0 Å². The zero-order valence-corrected chi connectivity index (χ0v) is 15.2. The van der Waals surface area contributed by atoms with E-state index in [1.54, 1.807) is 7.11 Å². The van der Waals surface area contributed by atoms with Crippen molar-refractivity contribution in [1.82, 2.24) is 4.90 Å². The Kier molecular flexibility index (Phi) is 4.14. The molecule has 1 aliphatic carbocycles. The number of benzene rings is 1. The van der Waals surface area contributed by atoms with Gasteiger partial charge in [0.05, 0.1) is 6.61 Å². The summed E-state index contributed by atoms with van der Waals surface area (Å²) < 4.78 is 16.3. The van der Waals surface area contributed by atoms with E-state index < -0.39 is 0 Å². The predicted molar refractivity (Wildman–Crippen MR) is 93.7 cm³/mol. The second-order valence-corrected chi connectivity index (χ2v) is 8.36. The van der Waals surface area contributed by atoms with Crippen molar-refractivity contribution in [3.8, 4) is 11.5 Å². The normalized spacial score (nSPS) is 26.8. The minimum atomic E-state index is 0.102. The molecule has 0 aromatic heterocycles. The Bertz CT molecular complexity index is 670. The average molecular weight is 345 g/mol. The maximum Gasteiger partial charge on any atom is 0.231 e. The summed E-state index contributed by atoms with van der Waals surface area (Å²) >= 11 is 0. The van der Waals surface area contributed by atoms with Crippen LogP contribution >= 0.6 is 0 Å². The third kappa shape index (κ3) is 3.47. The minimum absolute atomic E-state index is 0.102. The monoisotopic (exact) mass is 345 g/mol. The summed E-state index contributed by atoms with van der Waals surface area (Å²) in [6, 6.07) is 6.19. The summed E-state index contributed by atoms with van der Waals surface area (Å²) in [4.78, 5) is 14.5. The van der Waals surface area contributed by atoms with E-state index in [1.807, 2.05) is 6.07 Å². The van der Waals surface area contributed by atoms with Crippen molar-refractivity contribution in [3.63, 3.8) is 0 Å². The lowest BCUT2D eigenvalue weighted by atomic mass is 9.76. The van der Waals surface area contributed by atoms with E-state index in [0.717, 1.165) is 44.0 Å². The number of rotatable bonds is 6. The molecule has 1 atom stereocenters. The lowest BCUT2D eigenvalue weighted by molar-refractivity contribution is -0.138. The van der Waals surface area contributed by atoms with Crippen LogP contribution in [-0.2, 0) is 16.0 Å². The summed E-state index contributed by atoms with van der Waals surface area (Å²) in [5.74, 6) is 1.96. The molecule has 0 spiro atoms. The predicted octanol–water partition coefficient (Wildman–Crippen LogP) is 3.01. The van der Waals surface area contributed by atoms with Crippen molar-refractivity contribution in [2.24, 2.45) is 10.8 Å². The average Bonchev–Trinajstić information content (AvgIpc) is 3.16. The molecule has 2 fully saturated rings. The van der Waals surface area contributed by atoms with Crippen LogP contribution in [0, 0.1) is 10.8 Å². The van der Waals surface area contributed by atoms with Gasteiger partial charge in [-0.05, 0) is 48.8 Å². The van der Waals surface area contributed by atoms with Crippen LogP contribution in [0.2, 0.25) is 0 Å². The molecule has 3 aliphatic rings. The van der Waals surface area contributed by atoms with Crippen LogP contribution in [0.5, 0.6) is 11.5 Å². The third-order valence-electron chi connectivity index (χ3n) is 5.87. The molecule has 1 saturated heterocycles. The zero-order chi connectivity index (χ0) is 17.5. The summed E-state index contributed by atoms with van der Waals surface area (Å²) in [6.07, 6.45) is 4.87. The van der Waals surface area contributed by atoms with Gasteiger partial charge in [0.15, 0.2) is 11.5 Å². The van der Waals surface area contributed by atoms with Crippen molar-refractivity contribution in [3.05, 3.63) is 23.8 Å². The van der Waals surface area contributed by atoms with Crippen LogP contribution in [0.4, 0.5) is 0 Å². The molecule has 0 bridgehead atoms. The molecule has 1 aromatic carbocycles. The first kappa shape index (κ1) is 16.7. The maximum absolute atomic E-state index is 12.4. The van der Waals surface area contributed by atoms with Crippen LogP contribution in [0.1, 0.15) is 38.2 Å². The van der Waals surface area contributed by atoms with Crippen LogP contribution in [0.25, 0.3) is 0 Å². The van der Waals surface area contributed by atoms with Gasteiger partial charge >= 0.3 is 0 Å². The van der Waals surface area contributed by atoms with Crippen molar-refractivity contribution in [1.29, 1.82) is 0 Å². The lowest BCUT2D eigenvalue weighted by Gasteiger charge is -2.42. The first-order chi connectivity index (χ1) is 12.0. The number of likely N-dealkylation sites (tertiary alicyclic amines) is 1. The van der Waals surface area contributed by atoms with Crippen molar-refractivity contribution in [2.75, 3.05) is 33.6 Å². The number of ether oxygens (including phenoxy) is 3. The van der Waals surface area contributed by atoms with Gasteiger partial charge < -0.3 is 19.1 Å². The summed E-state index contributed by atoms with van der Waals surface area (Å²) in [5, 5.41) is 0. The number of carbonyl (C=O) groups excluding carboxylic acids is 1. The SMILES string of the molecule is COCC1(CN2C[C@@](C)(Cc3ccc4c(c3)OCO4)CCC2=O)CC1. The van der Waals surface area contributed by atoms with E-state index >= 15 is 0 Å². The number of hydrogen-bond acceptors (Lipinski definition) is 4. The Balaban J connectivity index is 1.45. The topological polar surface area (TPSA) is 48.0 Å². The summed E-state index contributed by atoms with van der Waals surface area (Å²) in [5.41, 5.74) is 1.56. The van der Waals surface area contributed by atoms with Gasteiger partial charge in [-0.15, -0.1) is 0 Å². The number of carbonyl (C=O) groups is 1. The zero-order valence-electron chi connectivity index (χ0n) is 15.2. The van der Waals surface area contributed by atoms with Gasteiger partial charge in [0, 0.05) is 32.0 Å². The van der Waals surface area contributed by atoms with E-state index in [1.165, 1.54) is 18.4 Å². The third-order valence-corrected chi connectivity index (χ3v) is 5.87. The molecule has 136 valence electrons. The highest BCUT2D eigenvalue weighted by Gasteiger charge is 2.47. The van der Waals surface area contributed by atoms with Gasteiger partial charge in [-0.3, -0.25) is 4.79 Å². The van der Waals surface area contributed by atoms with Crippen molar-refractivity contribution < 1.29 is 19.0 Å². The van der Waals surface area contributed by atoms with Gasteiger partial charge in [0.1, 0.15) is 0 Å². The lowest BCUT2D eigenvalue weighted by Crippen LogP contribution is -2.48. The fraction of sp³-hybridized carbons (Fsp3) is 0.650. The first-order valence-corrected chi connectivity index (χ1v) is 9.16. The molecular formula is C20H27NO4. The van der Waals surface area contributed by atoms with Gasteiger partial charge in [0.25, 0.3) is 0 Å². The molecule has 2 heterocycles. The highest BCUT2D eigenvalue weighted by Crippen LogP contribution is 2.48. The second kappa shape index (κ2) is 6.20. The molecule has 0 radical (unpaired) electrons. The Morgan fingerprint density at radius 3 is 2.76 bits per heavy atom. The molecule has 1 saturated carbocycles. The quantitative estimate of drug-likeness (QED) is 0.795. The Morgan fingerprint density at radius 1 is 1.20 bits per heavy atom. The molecule has 4 rings (SSSR count). The molecule has 5 nitrogen and oxygen atoms in total. The van der Waals surface area contributed by atoms with Crippen LogP contribution in [0.15, 0.2) is 18.2 Å². The fourth-order valence-corrected chi connectivity index (χ4v) is 4.26. The van der Waals surface area contributed by atoms with Gasteiger partial charge in [-0.1, -0.05) is 13.0 Å². The largest absolute Gasteiger partial charge is 0.454 e. The van der Waals surface area contributed by atoms with Crippen molar-refractivity contribution >= 4 is 5.91 Å². The van der Waals surface area contributed by atoms with E-state index in [-0.39, 0.29) is 10.8 Å². The van der Waals surface area contributed by atoms with E-state index in [9.17, 15) is 4.79 Å². The molecule has 2 aliphatic heterocycles. The standard InChI is InChI=1S/C20H27NO4/c1-19(10-15-3-4-16-17(9-15)25-14-24-16)6-5-18(22)21(11-19)12-20(7-8-20)13-23-2/h3-4,9H,5-8,10-14H2,1-2H3/t19-/m1/s1. The maximum atomic E-state index is 12.4. The summed E-state index contributed by atoms with van der Waals surface area (Å²) in [7, 11) is 1.75. The Labute approximate surface area is 149 Å². The number of amides is 1. The second-order valence-electron chi connectivity index (χ2n) is 8.36. The number of fused-ring (bicyclic) bond motifs is 1. The molecule has 5 heteroatoms. The van der Waals surface area contributed by atoms with Crippen LogP contribution in [0.3, 0.4) is 0 Å². The van der Waals surface area contributed by atoms with Gasteiger partial charge in [-0.2, -0.15) is 0 Å². The Morgan fingerprint density at radius 2 is 2.00 bits per heavy atom. The fourth-order valence-electron chi connectivity index (χ4n) is 4.26. The number of nitrogens with zero attached hydrogens (tertiary/aromatic N) is 1. The molecule has 0 N–H and O–H groups in total. The smallest absolute Gasteiger partial charge is 0.231 e. The van der Waals surface area contributed by atoms with Crippen LogP contribution < -0.4 is 9.47 Å². The molecule has 25 heavy (non-hydrogen) atoms. The molecule has 1 aromatic rings. The Hall–Kier alpha value is -1.75. The van der Waals surface area contributed by atoms with Gasteiger partial charge in [0.2, 0.25) is 12.7 Å². The highest BCUT2D eigenvalue weighted by molar-refractivity contribution is 5.77. The highest BCUT2D eigenvalue weighted by atomic mass is 16.7. The summed E-state index contributed by atoms with van der Waals surface area (Å²) in [6.45, 7) is 5.03. The van der Waals surface area contributed by atoms with E-state index in [2.05, 4.69) is 24.0 Å². The number of hydrogen-bond donors (Lipinski definition) is 0. The van der Waals surface area contributed by atoms with Crippen LogP contribution in [-0.4, -0.2) is 44.4 Å². The number of methoxy groups -OCH3 is 1. The molecule has 1 amide bonds. The van der Waals surface area contributed by atoms with E-state index in [0.29, 0.717) is 19.1 Å². The van der Waals surface area contributed by atoms with E-state index in [4.69, 9.17) is 14.2 Å². The minimum Gasteiger partial charge on any atom is -0.454 e. The number of piperidine rings is 1. The molecule has 0 unspecified atom stereocenters. The molecular weight excluding hydrogens is 318 g/mol.